The molecule has 4 rings (SSSR count). The summed E-state index contributed by atoms with van der Waals surface area (Å²) in [6, 6.07) is 9.09. The fourth-order valence-corrected chi connectivity index (χ4v) is 3.56. The van der Waals surface area contributed by atoms with Crippen molar-refractivity contribution in [1.29, 1.82) is 0 Å². The average molecular weight is 420 g/mol. The number of nitrogens with one attached hydrogen (secondary N) is 2. The Morgan fingerprint density at radius 3 is 2.52 bits per heavy atom. The topological polar surface area (TPSA) is 88.9 Å². The zero-order valence-corrected chi connectivity index (χ0v) is 18.5. The summed E-state index contributed by atoms with van der Waals surface area (Å²) in [6.07, 6.45) is 3.89. The summed E-state index contributed by atoms with van der Waals surface area (Å²) < 4.78 is 1.85. The molecule has 1 aliphatic rings. The molecule has 162 valence electrons. The molecule has 0 spiro atoms. The number of hydrogen-bond donors (Lipinski definition) is 2. The number of fused-ring (bicyclic) bond motifs is 1. The van der Waals surface area contributed by atoms with Crippen molar-refractivity contribution in [2.75, 3.05) is 11.9 Å². The van der Waals surface area contributed by atoms with Gasteiger partial charge in [-0.1, -0.05) is 26.0 Å². The van der Waals surface area contributed by atoms with Gasteiger partial charge in [0.25, 0.3) is 11.8 Å². The van der Waals surface area contributed by atoms with Gasteiger partial charge in [-0.05, 0) is 50.8 Å². The third-order valence-electron chi connectivity index (χ3n) is 5.41. The number of pyridine rings is 1. The number of benzene rings is 1. The molecule has 2 aromatic heterocycles. The van der Waals surface area contributed by atoms with Crippen LogP contribution in [-0.2, 0) is 0 Å². The quantitative estimate of drug-likeness (QED) is 0.589. The van der Waals surface area contributed by atoms with E-state index >= 15 is 0 Å². The highest BCUT2D eigenvalue weighted by molar-refractivity contribution is 6.14. The normalized spacial score (nSPS) is 13.7. The number of carbonyl (C=O) groups is 2. The van der Waals surface area contributed by atoms with Gasteiger partial charge < -0.3 is 10.6 Å². The number of rotatable bonds is 7. The van der Waals surface area contributed by atoms with E-state index in [0.717, 1.165) is 29.6 Å². The molecular formula is C24H29N5O2. The second-order valence-corrected chi connectivity index (χ2v) is 8.89. The molecule has 31 heavy (non-hydrogen) atoms. The van der Waals surface area contributed by atoms with Gasteiger partial charge >= 0.3 is 0 Å². The van der Waals surface area contributed by atoms with Gasteiger partial charge in [-0.25, -0.2) is 9.67 Å². The van der Waals surface area contributed by atoms with Crippen molar-refractivity contribution >= 4 is 28.5 Å². The van der Waals surface area contributed by atoms with E-state index in [9.17, 15) is 9.59 Å². The van der Waals surface area contributed by atoms with Crippen molar-refractivity contribution in [3.8, 4) is 0 Å². The van der Waals surface area contributed by atoms with Crippen LogP contribution in [0.5, 0.6) is 0 Å². The first-order chi connectivity index (χ1) is 14.8. The molecule has 1 saturated carbocycles. The van der Waals surface area contributed by atoms with E-state index in [1.165, 1.54) is 0 Å². The van der Waals surface area contributed by atoms with Crippen LogP contribution in [0.4, 0.5) is 5.69 Å². The molecule has 3 aromatic rings. The summed E-state index contributed by atoms with van der Waals surface area (Å²) in [5, 5.41) is 11.0. The maximum Gasteiger partial charge on any atom is 0.256 e. The first-order valence-corrected chi connectivity index (χ1v) is 10.9. The van der Waals surface area contributed by atoms with Gasteiger partial charge in [-0.2, -0.15) is 5.10 Å². The fourth-order valence-electron chi connectivity index (χ4n) is 3.56. The van der Waals surface area contributed by atoms with E-state index in [2.05, 4.69) is 15.7 Å². The number of anilines is 1. The molecule has 1 fully saturated rings. The van der Waals surface area contributed by atoms with Crippen LogP contribution in [0.15, 0.2) is 36.5 Å². The molecule has 2 N–H and O–H groups in total. The summed E-state index contributed by atoms with van der Waals surface area (Å²) >= 11 is 0. The van der Waals surface area contributed by atoms with Crippen LogP contribution < -0.4 is 10.6 Å². The smallest absolute Gasteiger partial charge is 0.256 e. The number of para-hydroxylation sites is 1. The van der Waals surface area contributed by atoms with Crippen molar-refractivity contribution < 1.29 is 9.59 Å². The summed E-state index contributed by atoms with van der Waals surface area (Å²) in [6.45, 7) is 8.74. The third-order valence-corrected chi connectivity index (χ3v) is 5.41. The van der Waals surface area contributed by atoms with E-state index in [1.807, 2.05) is 44.5 Å². The molecule has 0 atom stereocenters. The minimum Gasteiger partial charge on any atom is -0.352 e. The van der Waals surface area contributed by atoms with Gasteiger partial charge in [-0.3, -0.25) is 9.59 Å². The maximum atomic E-state index is 13.3. The lowest BCUT2D eigenvalue weighted by Gasteiger charge is -2.14. The molecule has 0 bridgehead atoms. The highest BCUT2D eigenvalue weighted by atomic mass is 16.2. The summed E-state index contributed by atoms with van der Waals surface area (Å²) in [7, 11) is 0. The molecule has 0 aliphatic heterocycles. The lowest BCUT2D eigenvalue weighted by Crippen LogP contribution is -2.28. The van der Waals surface area contributed by atoms with Crippen molar-refractivity contribution in [3.63, 3.8) is 0 Å². The average Bonchev–Trinajstić information content (AvgIpc) is 3.50. The van der Waals surface area contributed by atoms with E-state index in [4.69, 9.17) is 4.98 Å². The molecule has 7 nitrogen and oxygen atoms in total. The van der Waals surface area contributed by atoms with Crippen LogP contribution in [0.3, 0.4) is 0 Å². The van der Waals surface area contributed by atoms with E-state index in [1.54, 1.807) is 24.4 Å². The number of aromatic nitrogens is 3. The molecule has 0 saturated heterocycles. The van der Waals surface area contributed by atoms with Gasteiger partial charge in [0.1, 0.15) is 0 Å². The van der Waals surface area contributed by atoms with Gasteiger partial charge in [0, 0.05) is 24.2 Å². The first-order valence-electron chi connectivity index (χ1n) is 10.9. The maximum absolute atomic E-state index is 13.3. The Hall–Kier alpha value is -3.22. The SMILES string of the molecule is CC(C)CNC(=O)c1ccccc1NC(=O)c1cc(C2CC2)nc2c1cnn2C(C)C. The predicted molar refractivity (Wildman–Crippen MR) is 121 cm³/mol. The number of nitrogens with zero attached hydrogens (tertiary/aromatic N) is 3. The second kappa shape index (κ2) is 8.49. The van der Waals surface area contributed by atoms with E-state index in [-0.39, 0.29) is 17.9 Å². The molecule has 2 amide bonds. The summed E-state index contributed by atoms with van der Waals surface area (Å²) in [5.41, 5.74) is 3.14. The Morgan fingerprint density at radius 2 is 1.84 bits per heavy atom. The van der Waals surface area contributed by atoms with Gasteiger partial charge in [-0.15, -0.1) is 0 Å². The number of carbonyl (C=O) groups excluding carboxylic acids is 2. The van der Waals surface area contributed by atoms with E-state index in [0.29, 0.717) is 35.2 Å². The molecular weight excluding hydrogens is 390 g/mol. The lowest BCUT2D eigenvalue weighted by molar-refractivity contribution is 0.0950. The van der Waals surface area contributed by atoms with Crippen molar-refractivity contribution in [2.24, 2.45) is 5.92 Å². The number of hydrogen-bond acceptors (Lipinski definition) is 4. The minimum atomic E-state index is -0.262. The Balaban J connectivity index is 1.68. The summed E-state index contributed by atoms with van der Waals surface area (Å²) in [4.78, 5) is 30.8. The van der Waals surface area contributed by atoms with Crippen LogP contribution in [0, 0.1) is 5.92 Å². The Kier molecular flexibility index (Phi) is 5.76. The van der Waals surface area contributed by atoms with Gasteiger partial charge in [0.2, 0.25) is 0 Å². The van der Waals surface area contributed by atoms with Crippen molar-refractivity contribution in [1.82, 2.24) is 20.1 Å². The van der Waals surface area contributed by atoms with Crippen LogP contribution in [-0.4, -0.2) is 33.1 Å². The molecule has 1 aliphatic carbocycles. The van der Waals surface area contributed by atoms with Crippen LogP contribution in [0.2, 0.25) is 0 Å². The predicted octanol–water partition coefficient (Wildman–Crippen LogP) is 4.53. The number of amides is 2. The minimum absolute atomic E-state index is 0.140. The second-order valence-electron chi connectivity index (χ2n) is 8.89. The lowest BCUT2D eigenvalue weighted by atomic mass is 10.1. The molecule has 0 unspecified atom stereocenters. The molecule has 1 aromatic carbocycles. The van der Waals surface area contributed by atoms with Gasteiger partial charge in [0.15, 0.2) is 5.65 Å². The van der Waals surface area contributed by atoms with Crippen molar-refractivity contribution in [2.45, 2.75) is 52.5 Å². The standard InChI is InChI=1S/C24H29N5O2/c1-14(2)12-25-23(30)17-7-5-6-8-20(17)28-24(31)18-11-21(16-9-10-16)27-22-19(18)13-26-29(22)15(3)4/h5-8,11,13-16H,9-10,12H2,1-4H3,(H,25,30)(H,28,31). The summed E-state index contributed by atoms with van der Waals surface area (Å²) in [5.74, 6) is 0.284. The fraction of sp³-hybridized carbons (Fsp3) is 0.417. The van der Waals surface area contributed by atoms with Crippen LogP contribution in [0.25, 0.3) is 11.0 Å². The Bertz CT molecular complexity index is 1130. The zero-order valence-electron chi connectivity index (χ0n) is 18.5. The Labute approximate surface area is 182 Å². The largest absolute Gasteiger partial charge is 0.352 e. The van der Waals surface area contributed by atoms with Crippen LogP contribution >= 0.6 is 0 Å². The monoisotopic (exact) mass is 419 g/mol. The van der Waals surface area contributed by atoms with Crippen LogP contribution in [0.1, 0.15) is 78.9 Å². The highest BCUT2D eigenvalue weighted by Crippen LogP contribution is 2.40. The highest BCUT2D eigenvalue weighted by Gasteiger charge is 2.28. The van der Waals surface area contributed by atoms with E-state index < -0.39 is 0 Å². The van der Waals surface area contributed by atoms with Gasteiger partial charge in [0.05, 0.1) is 28.4 Å². The molecule has 7 heteroatoms. The first kappa shape index (κ1) is 21.0. The zero-order chi connectivity index (χ0) is 22.1. The van der Waals surface area contributed by atoms with Crippen molar-refractivity contribution in [3.05, 3.63) is 53.3 Å². The molecule has 2 heterocycles. The molecule has 0 radical (unpaired) electrons. The Morgan fingerprint density at radius 1 is 1.10 bits per heavy atom. The third kappa shape index (κ3) is 4.45.